The Morgan fingerprint density at radius 2 is 1.71 bits per heavy atom. The second kappa shape index (κ2) is 4.97. The van der Waals surface area contributed by atoms with Crippen molar-refractivity contribution in [2.75, 3.05) is 0 Å². The minimum absolute atomic E-state index is 0.758. The third-order valence-electron chi connectivity index (χ3n) is 3.74. The molecule has 1 fully saturated rings. The second-order valence-corrected chi connectivity index (χ2v) is 5.12. The Morgan fingerprint density at radius 1 is 0.929 bits per heavy atom. The first-order valence-electron chi connectivity index (χ1n) is 6.25. The Hall–Kier alpha value is -0.300. The van der Waals surface area contributed by atoms with Gasteiger partial charge in [-0.25, -0.2) is 0 Å². The van der Waals surface area contributed by atoms with Crippen molar-refractivity contribution in [3.05, 3.63) is 12.2 Å². The molecule has 0 aromatic carbocycles. The molecular weight excluding hydrogens is 170 g/mol. The Labute approximate surface area is 88.0 Å². The summed E-state index contributed by atoms with van der Waals surface area (Å²) in [6.45, 7) is 2.40. The summed E-state index contributed by atoms with van der Waals surface area (Å²) in [4.78, 5) is 0. The molecule has 14 heavy (non-hydrogen) atoms. The van der Waals surface area contributed by atoms with Gasteiger partial charge in [-0.15, -0.1) is 0 Å². The van der Waals surface area contributed by atoms with E-state index in [2.05, 4.69) is 24.4 Å². The van der Waals surface area contributed by atoms with Crippen LogP contribution in [0.15, 0.2) is 12.2 Å². The minimum atomic E-state index is 0.758. The highest BCUT2D eigenvalue weighted by Crippen LogP contribution is 2.23. The predicted molar refractivity (Wildman–Crippen MR) is 61.3 cm³/mol. The molecule has 2 unspecified atom stereocenters. The van der Waals surface area contributed by atoms with Crippen molar-refractivity contribution in [1.29, 1.82) is 0 Å². The van der Waals surface area contributed by atoms with Crippen LogP contribution in [0, 0.1) is 5.92 Å². The maximum absolute atomic E-state index is 3.82. The van der Waals surface area contributed by atoms with Gasteiger partial charge >= 0.3 is 0 Å². The molecule has 0 radical (unpaired) electrons. The molecule has 1 N–H and O–H groups in total. The van der Waals surface area contributed by atoms with Crippen LogP contribution in [0.1, 0.15) is 51.9 Å². The summed E-state index contributed by atoms with van der Waals surface area (Å²) in [6.07, 6.45) is 14.3. The summed E-state index contributed by atoms with van der Waals surface area (Å²) < 4.78 is 0. The van der Waals surface area contributed by atoms with Gasteiger partial charge in [-0.3, -0.25) is 0 Å². The topological polar surface area (TPSA) is 12.0 Å². The van der Waals surface area contributed by atoms with E-state index >= 15 is 0 Å². The van der Waals surface area contributed by atoms with Gasteiger partial charge in [0.2, 0.25) is 0 Å². The van der Waals surface area contributed by atoms with E-state index in [0.29, 0.717) is 0 Å². The zero-order chi connectivity index (χ0) is 9.80. The van der Waals surface area contributed by atoms with Crippen LogP contribution >= 0.6 is 0 Å². The highest BCUT2D eigenvalue weighted by atomic mass is 14.9. The Bertz CT molecular complexity index is 189. The molecule has 0 aromatic heterocycles. The SMILES string of the molecule is CC1CCCC(NC2CC=CC2)CC1. The zero-order valence-electron chi connectivity index (χ0n) is 9.34. The van der Waals surface area contributed by atoms with Crippen LogP contribution in [-0.2, 0) is 0 Å². The van der Waals surface area contributed by atoms with E-state index in [0.717, 1.165) is 18.0 Å². The van der Waals surface area contributed by atoms with Gasteiger partial charge in [0.05, 0.1) is 0 Å². The molecule has 0 bridgehead atoms. The van der Waals surface area contributed by atoms with Crippen LogP contribution < -0.4 is 5.32 Å². The van der Waals surface area contributed by atoms with E-state index < -0.39 is 0 Å². The van der Waals surface area contributed by atoms with E-state index in [1.54, 1.807) is 0 Å². The van der Waals surface area contributed by atoms with Crippen molar-refractivity contribution >= 4 is 0 Å². The van der Waals surface area contributed by atoms with Gasteiger partial charge in [0.15, 0.2) is 0 Å². The van der Waals surface area contributed by atoms with Gasteiger partial charge < -0.3 is 5.32 Å². The fourth-order valence-corrected chi connectivity index (χ4v) is 2.74. The van der Waals surface area contributed by atoms with Gasteiger partial charge in [0.1, 0.15) is 0 Å². The molecule has 0 saturated heterocycles. The lowest BCUT2D eigenvalue weighted by Gasteiger charge is -2.21. The summed E-state index contributed by atoms with van der Waals surface area (Å²) in [5.41, 5.74) is 0. The highest BCUT2D eigenvalue weighted by Gasteiger charge is 2.19. The molecule has 80 valence electrons. The van der Waals surface area contributed by atoms with Crippen LogP contribution in [0.2, 0.25) is 0 Å². The third-order valence-corrected chi connectivity index (χ3v) is 3.74. The number of nitrogens with one attached hydrogen (secondary N) is 1. The van der Waals surface area contributed by atoms with Crippen molar-refractivity contribution in [3.63, 3.8) is 0 Å². The molecule has 0 amide bonds. The van der Waals surface area contributed by atoms with Gasteiger partial charge in [-0.1, -0.05) is 31.9 Å². The molecule has 1 nitrogen and oxygen atoms in total. The Balaban J connectivity index is 1.74. The fourth-order valence-electron chi connectivity index (χ4n) is 2.74. The molecule has 2 aliphatic rings. The molecule has 0 heterocycles. The smallest absolute Gasteiger partial charge is 0.0139 e. The van der Waals surface area contributed by atoms with Crippen molar-refractivity contribution in [2.45, 2.75) is 64.0 Å². The molecule has 1 heteroatoms. The van der Waals surface area contributed by atoms with Crippen molar-refractivity contribution in [1.82, 2.24) is 5.32 Å². The molecule has 0 aliphatic heterocycles. The molecule has 0 aromatic rings. The Kier molecular flexibility index (Phi) is 3.63. The molecular formula is C13H23N. The molecule has 2 aliphatic carbocycles. The van der Waals surface area contributed by atoms with E-state index in [9.17, 15) is 0 Å². The molecule has 1 saturated carbocycles. The number of hydrogen-bond donors (Lipinski definition) is 1. The van der Waals surface area contributed by atoms with Gasteiger partial charge in [0, 0.05) is 12.1 Å². The molecule has 0 spiro atoms. The van der Waals surface area contributed by atoms with Crippen LogP contribution in [0.5, 0.6) is 0 Å². The maximum atomic E-state index is 3.82. The number of rotatable bonds is 2. The lowest BCUT2D eigenvalue weighted by atomic mass is 10.0. The van der Waals surface area contributed by atoms with Crippen LogP contribution in [-0.4, -0.2) is 12.1 Å². The van der Waals surface area contributed by atoms with Crippen LogP contribution in [0.3, 0.4) is 0 Å². The van der Waals surface area contributed by atoms with Gasteiger partial charge in [-0.05, 0) is 38.0 Å². The standard InChI is InChI=1S/C13H23N/c1-11-5-4-8-13(10-9-11)14-12-6-2-3-7-12/h2-3,11-14H,4-10H2,1H3. The predicted octanol–water partition coefficient (Wildman–Crippen LogP) is 3.26. The first-order chi connectivity index (χ1) is 6.84. The first kappa shape index (κ1) is 10.2. The van der Waals surface area contributed by atoms with E-state index in [1.165, 1.54) is 44.9 Å². The maximum Gasteiger partial charge on any atom is 0.0139 e. The zero-order valence-corrected chi connectivity index (χ0v) is 9.34. The van der Waals surface area contributed by atoms with Crippen LogP contribution in [0.4, 0.5) is 0 Å². The summed E-state index contributed by atoms with van der Waals surface area (Å²) in [6, 6.07) is 1.57. The summed E-state index contributed by atoms with van der Waals surface area (Å²) in [7, 11) is 0. The van der Waals surface area contributed by atoms with Gasteiger partial charge in [0.25, 0.3) is 0 Å². The van der Waals surface area contributed by atoms with E-state index in [1.807, 2.05) is 0 Å². The fraction of sp³-hybridized carbons (Fsp3) is 0.846. The molecule has 2 atom stereocenters. The van der Waals surface area contributed by atoms with Crippen LogP contribution in [0.25, 0.3) is 0 Å². The highest BCUT2D eigenvalue weighted by molar-refractivity contribution is 4.98. The average Bonchev–Trinajstić information content (AvgIpc) is 2.58. The monoisotopic (exact) mass is 193 g/mol. The average molecular weight is 193 g/mol. The Morgan fingerprint density at radius 3 is 2.50 bits per heavy atom. The lowest BCUT2D eigenvalue weighted by molar-refractivity contribution is 0.397. The minimum Gasteiger partial charge on any atom is -0.311 e. The lowest BCUT2D eigenvalue weighted by Crippen LogP contribution is -2.36. The van der Waals surface area contributed by atoms with Crippen molar-refractivity contribution < 1.29 is 0 Å². The summed E-state index contributed by atoms with van der Waals surface area (Å²) in [5, 5.41) is 3.82. The summed E-state index contributed by atoms with van der Waals surface area (Å²) >= 11 is 0. The first-order valence-corrected chi connectivity index (χ1v) is 6.25. The third kappa shape index (κ3) is 2.84. The van der Waals surface area contributed by atoms with Crippen molar-refractivity contribution in [3.8, 4) is 0 Å². The normalized spacial score (nSPS) is 34.6. The molecule has 2 rings (SSSR count). The van der Waals surface area contributed by atoms with Crippen molar-refractivity contribution in [2.24, 2.45) is 5.92 Å². The largest absolute Gasteiger partial charge is 0.311 e. The summed E-state index contributed by atoms with van der Waals surface area (Å²) in [5.74, 6) is 0.962. The van der Waals surface area contributed by atoms with E-state index in [4.69, 9.17) is 0 Å². The number of hydrogen-bond acceptors (Lipinski definition) is 1. The van der Waals surface area contributed by atoms with E-state index in [-0.39, 0.29) is 0 Å². The quantitative estimate of drug-likeness (QED) is 0.524. The van der Waals surface area contributed by atoms with Gasteiger partial charge in [-0.2, -0.15) is 0 Å². The second-order valence-electron chi connectivity index (χ2n) is 5.12.